The molecule has 0 aromatic rings. The normalized spacial score (nSPS) is 28.4. The molecule has 1 N–H and O–H groups in total. The van der Waals surface area contributed by atoms with Gasteiger partial charge in [0.25, 0.3) is 0 Å². The number of nitrogens with one attached hydrogen (secondary N) is 1. The number of rotatable bonds is 2. The van der Waals surface area contributed by atoms with Crippen molar-refractivity contribution in [3.63, 3.8) is 0 Å². The molecule has 0 radical (unpaired) electrons. The van der Waals surface area contributed by atoms with Crippen molar-refractivity contribution in [2.45, 2.75) is 52.0 Å². The average Bonchev–Trinajstić information content (AvgIpc) is 2.14. The molecule has 0 saturated heterocycles. The molecule has 0 unspecified atom stereocenters. The van der Waals surface area contributed by atoms with Crippen LogP contribution in [0.5, 0.6) is 0 Å². The maximum atomic E-state index is 8.77. The van der Waals surface area contributed by atoms with E-state index in [-0.39, 0.29) is 5.54 Å². The van der Waals surface area contributed by atoms with Gasteiger partial charge in [0.1, 0.15) is 0 Å². The minimum atomic E-state index is 0.228. The van der Waals surface area contributed by atoms with Crippen LogP contribution in [-0.4, -0.2) is 12.1 Å². The van der Waals surface area contributed by atoms with Crippen LogP contribution < -0.4 is 5.32 Å². The summed E-state index contributed by atoms with van der Waals surface area (Å²) in [5.41, 5.74) is 0.228. The van der Waals surface area contributed by atoms with Crippen molar-refractivity contribution in [1.29, 1.82) is 5.26 Å². The van der Waals surface area contributed by atoms with Crippen LogP contribution in [0.2, 0.25) is 0 Å². The maximum Gasteiger partial charge on any atom is 0.0655 e. The van der Waals surface area contributed by atoms with Gasteiger partial charge in [-0.2, -0.15) is 5.26 Å². The number of hydrogen-bond donors (Lipinski definition) is 1. The van der Waals surface area contributed by atoms with Gasteiger partial charge in [0, 0.05) is 11.5 Å². The van der Waals surface area contributed by atoms with E-state index in [1.165, 1.54) is 12.8 Å². The molecule has 0 bridgehead atoms. The molecule has 1 aliphatic carbocycles. The number of hydrogen-bond acceptors (Lipinski definition) is 2. The minimum Gasteiger partial charge on any atom is -0.312 e. The topological polar surface area (TPSA) is 35.8 Å². The van der Waals surface area contributed by atoms with Crippen LogP contribution in [0.4, 0.5) is 0 Å². The summed E-state index contributed by atoms with van der Waals surface area (Å²) in [6.07, 6.45) is 4.66. The molecule has 1 aliphatic rings. The van der Waals surface area contributed by atoms with E-state index in [9.17, 15) is 0 Å². The Morgan fingerprint density at radius 3 is 2.21 bits per heavy atom. The quantitative estimate of drug-likeness (QED) is 0.733. The zero-order chi connectivity index (χ0) is 10.6. The minimum absolute atomic E-state index is 0.228. The van der Waals surface area contributed by atoms with Gasteiger partial charge in [-0.05, 0) is 58.9 Å². The van der Waals surface area contributed by atoms with Crippen LogP contribution in [0.3, 0.4) is 0 Å². The number of nitrogens with zero attached hydrogens (tertiary/aromatic N) is 1. The molecule has 0 heterocycles. The Morgan fingerprint density at radius 2 is 1.79 bits per heavy atom. The van der Waals surface area contributed by atoms with E-state index in [1.807, 2.05) is 0 Å². The fourth-order valence-electron chi connectivity index (χ4n) is 1.95. The molecule has 0 spiro atoms. The van der Waals surface area contributed by atoms with Gasteiger partial charge in [-0.3, -0.25) is 0 Å². The lowest BCUT2D eigenvalue weighted by Gasteiger charge is -2.29. The van der Waals surface area contributed by atoms with Gasteiger partial charge in [0.05, 0.1) is 6.07 Å². The van der Waals surface area contributed by atoms with Gasteiger partial charge >= 0.3 is 0 Å². The summed E-state index contributed by atoms with van der Waals surface area (Å²) >= 11 is 0. The standard InChI is InChI=1S/C12H22N2/c1-12(2,3)14-9-11-6-4-10(8-13)5-7-11/h10-11,14H,4-7,9H2,1-3H3/t10-,11-. The van der Waals surface area contributed by atoms with Gasteiger partial charge < -0.3 is 5.32 Å². The highest BCUT2D eigenvalue weighted by Gasteiger charge is 2.21. The Labute approximate surface area is 87.7 Å². The smallest absolute Gasteiger partial charge is 0.0655 e. The molecule has 0 aromatic carbocycles. The fourth-order valence-corrected chi connectivity index (χ4v) is 1.95. The Morgan fingerprint density at radius 1 is 1.21 bits per heavy atom. The van der Waals surface area contributed by atoms with Crippen LogP contribution in [0, 0.1) is 23.2 Å². The van der Waals surface area contributed by atoms with Crippen LogP contribution in [0.25, 0.3) is 0 Å². The van der Waals surface area contributed by atoms with E-state index in [4.69, 9.17) is 5.26 Å². The lowest BCUT2D eigenvalue weighted by atomic mass is 9.82. The van der Waals surface area contributed by atoms with E-state index < -0.39 is 0 Å². The van der Waals surface area contributed by atoms with Gasteiger partial charge in [0.15, 0.2) is 0 Å². The van der Waals surface area contributed by atoms with Crippen molar-refractivity contribution >= 4 is 0 Å². The summed E-state index contributed by atoms with van der Waals surface area (Å²) in [7, 11) is 0. The molecule has 0 atom stereocenters. The molecule has 1 saturated carbocycles. The Hall–Kier alpha value is -0.550. The maximum absolute atomic E-state index is 8.77. The van der Waals surface area contributed by atoms with E-state index in [2.05, 4.69) is 32.2 Å². The van der Waals surface area contributed by atoms with Crippen molar-refractivity contribution < 1.29 is 0 Å². The molecule has 1 rings (SSSR count). The summed E-state index contributed by atoms with van der Waals surface area (Å²) in [6.45, 7) is 7.72. The monoisotopic (exact) mass is 194 g/mol. The highest BCUT2D eigenvalue weighted by molar-refractivity contribution is 4.88. The largest absolute Gasteiger partial charge is 0.312 e. The highest BCUT2D eigenvalue weighted by Crippen LogP contribution is 2.27. The van der Waals surface area contributed by atoms with Crippen LogP contribution >= 0.6 is 0 Å². The van der Waals surface area contributed by atoms with Crippen molar-refractivity contribution in [2.75, 3.05) is 6.54 Å². The summed E-state index contributed by atoms with van der Waals surface area (Å²) in [6, 6.07) is 2.38. The molecule has 80 valence electrons. The molecule has 0 aliphatic heterocycles. The summed E-state index contributed by atoms with van der Waals surface area (Å²) in [5.74, 6) is 1.12. The van der Waals surface area contributed by atoms with Gasteiger partial charge in [-0.1, -0.05) is 0 Å². The zero-order valence-corrected chi connectivity index (χ0v) is 9.64. The molecule has 2 nitrogen and oxygen atoms in total. The average molecular weight is 194 g/mol. The van der Waals surface area contributed by atoms with Gasteiger partial charge in [-0.25, -0.2) is 0 Å². The molecular weight excluding hydrogens is 172 g/mol. The first-order chi connectivity index (χ1) is 6.51. The second-order valence-corrected chi connectivity index (χ2v) is 5.48. The fraction of sp³-hybridized carbons (Fsp3) is 0.917. The molecular formula is C12H22N2. The third kappa shape index (κ3) is 4.11. The van der Waals surface area contributed by atoms with E-state index in [0.29, 0.717) is 5.92 Å². The van der Waals surface area contributed by atoms with E-state index in [0.717, 1.165) is 25.3 Å². The SMILES string of the molecule is CC(C)(C)NC[C@H]1CC[C@H](C#N)CC1. The van der Waals surface area contributed by atoms with Crippen molar-refractivity contribution in [3.05, 3.63) is 0 Å². The van der Waals surface area contributed by atoms with Gasteiger partial charge in [0.2, 0.25) is 0 Å². The summed E-state index contributed by atoms with van der Waals surface area (Å²) in [4.78, 5) is 0. The third-order valence-electron chi connectivity index (χ3n) is 2.95. The first-order valence-corrected chi connectivity index (χ1v) is 5.66. The molecule has 1 fully saturated rings. The zero-order valence-electron chi connectivity index (χ0n) is 9.64. The third-order valence-corrected chi connectivity index (χ3v) is 2.95. The van der Waals surface area contributed by atoms with E-state index >= 15 is 0 Å². The van der Waals surface area contributed by atoms with Crippen LogP contribution in [0.15, 0.2) is 0 Å². The molecule has 14 heavy (non-hydrogen) atoms. The van der Waals surface area contributed by atoms with Gasteiger partial charge in [-0.15, -0.1) is 0 Å². The predicted molar refractivity (Wildman–Crippen MR) is 58.8 cm³/mol. The Balaban J connectivity index is 2.20. The first-order valence-electron chi connectivity index (χ1n) is 5.66. The summed E-state index contributed by atoms with van der Waals surface area (Å²) < 4.78 is 0. The number of nitriles is 1. The molecule has 0 aromatic heterocycles. The Bertz CT molecular complexity index is 201. The van der Waals surface area contributed by atoms with E-state index in [1.54, 1.807) is 0 Å². The molecule has 0 amide bonds. The van der Waals surface area contributed by atoms with Crippen LogP contribution in [0.1, 0.15) is 46.5 Å². The molecule has 2 heteroatoms. The highest BCUT2D eigenvalue weighted by atomic mass is 14.9. The lowest BCUT2D eigenvalue weighted by molar-refractivity contribution is 0.278. The predicted octanol–water partition coefficient (Wildman–Crippen LogP) is 2.70. The second kappa shape index (κ2) is 4.79. The Kier molecular flexibility index (Phi) is 3.95. The van der Waals surface area contributed by atoms with Crippen molar-refractivity contribution in [2.24, 2.45) is 11.8 Å². The van der Waals surface area contributed by atoms with Crippen molar-refractivity contribution in [3.8, 4) is 6.07 Å². The van der Waals surface area contributed by atoms with Crippen molar-refractivity contribution in [1.82, 2.24) is 5.32 Å². The first kappa shape index (κ1) is 11.5. The van der Waals surface area contributed by atoms with Crippen LogP contribution in [-0.2, 0) is 0 Å². The lowest BCUT2D eigenvalue weighted by Crippen LogP contribution is -2.39. The summed E-state index contributed by atoms with van der Waals surface area (Å²) in [5, 5.41) is 12.3. The second-order valence-electron chi connectivity index (χ2n) is 5.48.